The molecule has 0 spiro atoms. The summed E-state index contributed by atoms with van der Waals surface area (Å²) >= 11 is 0. The van der Waals surface area contributed by atoms with Crippen LogP contribution in [0.2, 0.25) is 0 Å². The van der Waals surface area contributed by atoms with E-state index in [0.29, 0.717) is 13.0 Å². The zero-order valence-corrected chi connectivity index (χ0v) is 14.7. The number of aromatic nitrogens is 1. The molecule has 3 aromatic rings. The number of amides is 2. The molecule has 4 nitrogen and oxygen atoms in total. The van der Waals surface area contributed by atoms with Crippen LogP contribution >= 0.6 is 0 Å². The minimum absolute atomic E-state index is 0.244. The minimum atomic E-state index is -0.674. The highest BCUT2D eigenvalue weighted by molar-refractivity contribution is 5.84. The van der Waals surface area contributed by atoms with Crippen LogP contribution in [-0.4, -0.2) is 17.6 Å². The molecular formula is C20H21F2N3O. The van der Waals surface area contributed by atoms with Crippen molar-refractivity contribution in [1.82, 2.24) is 15.6 Å². The second kappa shape index (κ2) is 7.56. The summed E-state index contributed by atoms with van der Waals surface area (Å²) in [7, 11) is 0. The lowest BCUT2D eigenvalue weighted by Gasteiger charge is -2.16. The SMILES string of the molecule is Cc1[nH]c2ccccc2c1CCNC(=O)NC(C)c1ccc(F)cc1F. The zero-order chi connectivity index (χ0) is 18.7. The third kappa shape index (κ3) is 3.85. The number of fused-ring (bicyclic) bond motifs is 1. The number of aromatic amines is 1. The van der Waals surface area contributed by atoms with Gasteiger partial charge in [-0.3, -0.25) is 0 Å². The zero-order valence-electron chi connectivity index (χ0n) is 14.7. The van der Waals surface area contributed by atoms with Crippen LogP contribution in [0.3, 0.4) is 0 Å². The maximum Gasteiger partial charge on any atom is 0.315 e. The number of H-pyrrole nitrogens is 1. The van der Waals surface area contributed by atoms with Crippen molar-refractivity contribution in [3.63, 3.8) is 0 Å². The topological polar surface area (TPSA) is 56.9 Å². The average molecular weight is 357 g/mol. The highest BCUT2D eigenvalue weighted by atomic mass is 19.1. The number of hydrogen-bond acceptors (Lipinski definition) is 1. The van der Waals surface area contributed by atoms with Gasteiger partial charge < -0.3 is 15.6 Å². The molecule has 3 rings (SSSR count). The summed E-state index contributed by atoms with van der Waals surface area (Å²) < 4.78 is 26.7. The average Bonchev–Trinajstić information content (AvgIpc) is 2.90. The predicted octanol–water partition coefficient (Wildman–Crippen LogP) is 4.36. The monoisotopic (exact) mass is 357 g/mol. The molecule has 0 radical (unpaired) electrons. The van der Waals surface area contributed by atoms with Crippen molar-refractivity contribution in [3.05, 3.63) is 70.9 Å². The first kappa shape index (κ1) is 17.9. The number of nitrogens with one attached hydrogen (secondary N) is 3. The number of hydrogen-bond donors (Lipinski definition) is 3. The lowest BCUT2D eigenvalue weighted by Crippen LogP contribution is -2.38. The van der Waals surface area contributed by atoms with E-state index in [9.17, 15) is 13.6 Å². The second-order valence-corrected chi connectivity index (χ2v) is 6.31. The number of aryl methyl sites for hydroxylation is 1. The van der Waals surface area contributed by atoms with Gasteiger partial charge in [0.2, 0.25) is 0 Å². The molecule has 0 saturated heterocycles. The number of carbonyl (C=O) groups is 1. The largest absolute Gasteiger partial charge is 0.358 e. The smallest absolute Gasteiger partial charge is 0.315 e. The van der Waals surface area contributed by atoms with Crippen molar-refractivity contribution in [3.8, 4) is 0 Å². The van der Waals surface area contributed by atoms with Crippen LogP contribution in [0.1, 0.15) is 29.8 Å². The Bertz CT molecular complexity index is 936. The Kier molecular flexibility index (Phi) is 5.21. The van der Waals surface area contributed by atoms with Crippen LogP contribution in [0.25, 0.3) is 10.9 Å². The van der Waals surface area contributed by atoms with Crippen LogP contribution in [0.15, 0.2) is 42.5 Å². The van der Waals surface area contributed by atoms with Crippen molar-refractivity contribution in [2.45, 2.75) is 26.3 Å². The molecule has 1 aromatic heterocycles. The van der Waals surface area contributed by atoms with E-state index in [1.165, 1.54) is 17.7 Å². The van der Waals surface area contributed by atoms with Gasteiger partial charge in [-0.25, -0.2) is 13.6 Å². The van der Waals surface area contributed by atoms with Gasteiger partial charge in [-0.15, -0.1) is 0 Å². The van der Waals surface area contributed by atoms with Gasteiger partial charge in [-0.05, 0) is 38.0 Å². The van der Waals surface area contributed by atoms with Crippen LogP contribution in [0.5, 0.6) is 0 Å². The number of urea groups is 1. The fourth-order valence-corrected chi connectivity index (χ4v) is 3.14. The summed E-state index contributed by atoms with van der Waals surface area (Å²) in [6.45, 7) is 4.11. The van der Waals surface area contributed by atoms with E-state index in [-0.39, 0.29) is 5.56 Å². The van der Waals surface area contributed by atoms with E-state index < -0.39 is 23.7 Å². The van der Waals surface area contributed by atoms with E-state index in [4.69, 9.17) is 0 Å². The van der Waals surface area contributed by atoms with Crippen molar-refractivity contribution in [2.75, 3.05) is 6.54 Å². The summed E-state index contributed by atoms with van der Waals surface area (Å²) in [5.41, 5.74) is 3.56. The molecule has 136 valence electrons. The fourth-order valence-electron chi connectivity index (χ4n) is 3.14. The van der Waals surface area contributed by atoms with E-state index >= 15 is 0 Å². The van der Waals surface area contributed by atoms with Gasteiger partial charge in [-0.1, -0.05) is 24.3 Å². The number of rotatable bonds is 5. The maximum absolute atomic E-state index is 13.8. The molecule has 1 atom stereocenters. The number of benzene rings is 2. The molecule has 0 bridgehead atoms. The Labute approximate surface area is 150 Å². The summed E-state index contributed by atoms with van der Waals surface area (Å²) in [5.74, 6) is -1.32. The molecule has 2 aromatic carbocycles. The normalized spacial score (nSPS) is 12.2. The number of halogens is 2. The lowest BCUT2D eigenvalue weighted by atomic mass is 10.1. The van der Waals surface area contributed by atoms with Gasteiger partial charge in [0.1, 0.15) is 11.6 Å². The number of carbonyl (C=O) groups excluding carboxylic acids is 1. The van der Waals surface area contributed by atoms with E-state index in [0.717, 1.165) is 22.7 Å². The summed E-state index contributed by atoms with van der Waals surface area (Å²) in [5, 5.41) is 6.60. The summed E-state index contributed by atoms with van der Waals surface area (Å²) in [6.07, 6.45) is 0.683. The fraction of sp³-hybridized carbons (Fsp3) is 0.250. The molecule has 0 saturated carbocycles. The predicted molar refractivity (Wildman–Crippen MR) is 98.0 cm³/mol. The Morgan fingerprint density at radius 3 is 2.73 bits per heavy atom. The molecular weight excluding hydrogens is 336 g/mol. The second-order valence-electron chi connectivity index (χ2n) is 6.31. The first-order valence-corrected chi connectivity index (χ1v) is 8.51. The first-order chi connectivity index (χ1) is 12.5. The Balaban J connectivity index is 1.56. The van der Waals surface area contributed by atoms with Gasteiger partial charge >= 0.3 is 6.03 Å². The molecule has 2 amide bonds. The van der Waals surface area contributed by atoms with Crippen LogP contribution < -0.4 is 10.6 Å². The van der Waals surface area contributed by atoms with Crippen molar-refractivity contribution in [1.29, 1.82) is 0 Å². The lowest BCUT2D eigenvalue weighted by molar-refractivity contribution is 0.238. The third-order valence-electron chi connectivity index (χ3n) is 4.46. The van der Waals surface area contributed by atoms with E-state index in [2.05, 4.69) is 15.6 Å². The van der Waals surface area contributed by atoms with Gasteiger partial charge in [-0.2, -0.15) is 0 Å². The highest BCUT2D eigenvalue weighted by Crippen LogP contribution is 2.22. The van der Waals surface area contributed by atoms with Crippen LogP contribution in [0.4, 0.5) is 13.6 Å². The van der Waals surface area contributed by atoms with Gasteiger partial charge in [0.25, 0.3) is 0 Å². The molecule has 0 aliphatic heterocycles. The minimum Gasteiger partial charge on any atom is -0.358 e. The Hall–Kier alpha value is -2.89. The molecule has 0 aliphatic carbocycles. The summed E-state index contributed by atoms with van der Waals surface area (Å²) in [4.78, 5) is 15.4. The van der Waals surface area contributed by atoms with Gasteiger partial charge in [0.05, 0.1) is 6.04 Å². The number of para-hydroxylation sites is 1. The third-order valence-corrected chi connectivity index (χ3v) is 4.46. The van der Waals surface area contributed by atoms with Gasteiger partial charge in [0.15, 0.2) is 0 Å². The van der Waals surface area contributed by atoms with E-state index in [1.54, 1.807) is 6.92 Å². The van der Waals surface area contributed by atoms with Crippen molar-refractivity contribution >= 4 is 16.9 Å². The first-order valence-electron chi connectivity index (χ1n) is 8.51. The standard InChI is InChI=1S/C20H21F2N3O/c1-12-15(17-5-3-4-6-19(17)24-12)9-10-23-20(26)25-13(2)16-8-7-14(21)11-18(16)22/h3-8,11,13,24H,9-10H2,1-2H3,(H2,23,25,26). The molecule has 0 aliphatic rings. The Morgan fingerprint density at radius 1 is 1.19 bits per heavy atom. The molecule has 6 heteroatoms. The quantitative estimate of drug-likeness (QED) is 0.624. The summed E-state index contributed by atoms with van der Waals surface area (Å²) in [6, 6.07) is 10.4. The van der Waals surface area contributed by atoms with Crippen molar-refractivity contribution in [2.24, 2.45) is 0 Å². The van der Waals surface area contributed by atoms with Crippen LogP contribution in [-0.2, 0) is 6.42 Å². The molecule has 1 unspecified atom stereocenters. The molecule has 0 fully saturated rings. The van der Waals surface area contributed by atoms with E-state index in [1.807, 2.05) is 31.2 Å². The molecule has 3 N–H and O–H groups in total. The highest BCUT2D eigenvalue weighted by Gasteiger charge is 2.14. The van der Waals surface area contributed by atoms with Crippen LogP contribution in [0, 0.1) is 18.6 Å². The maximum atomic E-state index is 13.8. The molecule has 26 heavy (non-hydrogen) atoms. The van der Waals surface area contributed by atoms with Gasteiger partial charge in [0, 0.05) is 34.8 Å². The van der Waals surface area contributed by atoms with Crippen molar-refractivity contribution < 1.29 is 13.6 Å². The molecule has 1 heterocycles. The Morgan fingerprint density at radius 2 is 1.96 bits per heavy atom.